The van der Waals surface area contributed by atoms with Gasteiger partial charge in [0.15, 0.2) is 5.69 Å². The van der Waals surface area contributed by atoms with Crippen LogP contribution in [-0.4, -0.2) is 22.1 Å². The molecule has 0 aliphatic heterocycles. The number of nitrogens with one attached hydrogen (secondary N) is 2. The average Bonchev–Trinajstić information content (AvgIpc) is 3.16. The summed E-state index contributed by atoms with van der Waals surface area (Å²) in [6, 6.07) is 9.90. The maximum absolute atomic E-state index is 12.1. The number of aromatic nitrogens is 2. The quantitative estimate of drug-likeness (QED) is 0.901. The van der Waals surface area contributed by atoms with Crippen LogP contribution in [0, 0.1) is 5.92 Å². The topological polar surface area (TPSA) is 57.8 Å². The van der Waals surface area contributed by atoms with Crippen LogP contribution in [0.5, 0.6) is 0 Å². The van der Waals surface area contributed by atoms with Gasteiger partial charge in [-0.1, -0.05) is 28.1 Å². The Balaban J connectivity index is 1.74. The molecule has 1 atom stereocenters. The number of rotatable bonds is 4. The number of carbonyl (C=O) groups is 1. The Labute approximate surface area is 126 Å². The number of carbonyl (C=O) groups excluding carboxylic acids is 1. The van der Waals surface area contributed by atoms with E-state index in [9.17, 15) is 4.79 Å². The van der Waals surface area contributed by atoms with Crippen LogP contribution >= 0.6 is 15.9 Å². The average molecular weight is 334 g/mol. The lowest BCUT2D eigenvalue weighted by atomic mass is 10.1. The first-order chi connectivity index (χ1) is 9.63. The van der Waals surface area contributed by atoms with Gasteiger partial charge in [-0.25, -0.2) is 0 Å². The highest BCUT2D eigenvalue weighted by atomic mass is 79.9. The molecule has 2 aromatic rings. The van der Waals surface area contributed by atoms with Gasteiger partial charge in [0.25, 0.3) is 5.91 Å². The maximum atomic E-state index is 12.1. The van der Waals surface area contributed by atoms with Crippen molar-refractivity contribution in [2.75, 3.05) is 0 Å². The molecule has 1 aliphatic rings. The van der Waals surface area contributed by atoms with E-state index in [2.05, 4.69) is 38.4 Å². The number of nitrogens with zero attached hydrogens (tertiary/aromatic N) is 1. The zero-order valence-electron chi connectivity index (χ0n) is 11.2. The zero-order chi connectivity index (χ0) is 14.1. The number of hydrogen-bond acceptors (Lipinski definition) is 2. The normalized spacial score (nSPS) is 15.9. The second-order valence-corrected chi connectivity index (χ2v) is 6.19. The second-order valence-electron chi connectivity index (χ2n) is 5.28. The van der Waals surface area contributed by atoms with Gasteiger partial charge in [-0.15, -0.1) is 0 Å². The predicted molar refractivity (Wildman–Crippen MR) is 81.4 cm³/mol. The molecule has 1 aromatic carbocycles. The summed E-state index contributed by atoms with van der Waals surface area (Å²) < 4.78 is 0.998. The van der Waals surface area contributed by atoms with Gasteiger partial charge in [0.05, 0.1) is 5.69 Å². The first kappa shape index (κ1) is 13.4. The summed E-state index contributed by atoms with van der Waals surface area (Å²) in [5.74, 6) is 0.532. The monoisotopic (exact) mass is 333 g/mol. The molecule has 1 aromatic heterocycles. The molecule has 1 aliphatic carbocycles. The van der Waals surface area contributed by atoms with Crippen LogP contribution in [-0.2, 0) is 0 Å². The Hall–Kier alpha value is -1.62. The smallest absolute Gasteiger partial charge is 0.272 e. The maximum Gasteiger partial charge on any atom is 0.272 e. The fourth-order valence-electron chi connectivity index (χ4n) is 2.24. The van der Waals surface area contributed by atoms with Crippen molar-refractivity contribution in [2.24, 2.45) is 5.92 Å². The summed E-state index contributed by atoms with van der Waals surface area (Å²) in [4.78, 5) is 12.1. The lowest BCUT2D eigenvalue weighted by Gasteiger charge is -2.10. The van der Waals surface area contributed by atoms with Gasteiger partial charge in [-0.3, -0.25) is 9.89 Å². The van der Waals surface area contributed by atoms with Crippen LogP contribution in [0.4, 0.5) is 0 Å². The third-order valence-electron chi connectivity index (χ3n) is 3.63. The molecule has 1 amide bonds. The zero-order valence-corrected chi connectivity index (χ0v) is 12.8. The molecule has 3 rings (SSSR count). The van der Waals surface area contributed by atoms with Gasteiger partial charge >= 0.3 is 0 Å². The van der Waals surface area contributed by atoms with Gasteiger partial charge in [-0.05, 0) is 43.9 Å². The van der Waals surface area contributed by atoms with Crippen LogP contribution in [0.1, 0.15) is 30.3 Å². The molecule has 0 saturated heterocycles. The first-order valence-electron chi connectivity index (χ1n) is 6.75. The fourth-order valence-corrected chi connectivity index (χ4v) is 2.64. The highest BCUT2D eigenvalue weighted by Crippen LogP contribution is 2.32. The number of hydrogen-bond donors (Lipinski definition) is 2. The first-order valence-corrected chi connectivity index (χ1v) is 7.55. The molecular formula is C15H16BrN3O. The van der Waals surface area contributed by atoms with E-state index in [4.69, 9.17) is 0 Å². The predicted octanol–water partition coefficient (Wildman–Crippen LogP) is 3.37. The molecule has 5 heteroatoms. The van der Waals surface area contributed by atoms with Crippen molar-refractivity contribution in [2.45, 2.75) is 25.8 Å². The van der Waals surface area contributed by atoms with Crippen LogP contribution in [0.3, 0.4) is 0 Å². The lowest BCUT2D eigenvalue weighted by Crippen LogP contribution is -2.34. The summed E-state index contributed by atoms with van der Waals surface area (Å²) in [5, 5.41) is 10.0. The van der Waals surface area contributed by atoms with Gasteiger partial charge < -0.3 is 5.32 Å². The van der Waals surface area contributed by atoms with Crippen LogP contribution in [0.25, 0.3) is 11.3 Å². The van der Waals surface area contributed by atoms with Crippen molar-refractivity contribution < 1.29 is 4.79 Å². The van der Waals surface area contributed by atoms with E-state index in [1.807, 2.05) is 24.3 Å². The van der Waals surface area contributed by atoms with Gasteiger partial charge in [0.1, 0.15) is 0 Å². The Morgan fingerprint density at radius 2 is 2.25 bits per heavy atom. The van der Waals surface area contributed by atoms with Gasteiger partial charge in [0, 0.05) is 16.1 Å². The van der Waals surface area contributed by atoms with Crippen molar-refractivity contribution in [1.29, 1.82) is 0 Å². The molecule has 2 N–H and O–H groups in total. The molecule has 104 valence electrons. The number of benzene rings is 1. The molecule has 0 unspecified atom stereocenters. The van der Waals surface area contributed by atoms with E-state index in [0.717, 1.165) is 15.7 Å². The van der Waals surface area contributed by atoms with E-state index < -0.39 is 0 Å². The van der Waals surface area contributed by atoms with Crippen LogP contribution in [0.15, 0.2) is 34.8 Å². The van der Waals surface area contributed by atoms with Crippen LogP contribution < -0.4 is 5.32 Å². The van der Waals surface area contributed by atoms with Crippen molar-refractivity contribution in [3.63, 3.8) is 0 Å². The number of halogens is 1. The number of H-pyrrole nitrogens is 1. The van der Waals surface area contributed by atoms with E-state index in [1.165, 1.54) is 12.8 Å². The Kier molecular flexibility index (Phi) is 3.61. The second kappa shape index (κ2) is 5.40. The Morgan fingerprint density at radius 1 is 1.45 bits per heavy atom. The third kappa shape index (κ3) is 2.93. The summed E-state index contributed by atoms with van der Waals surface area (Å²) >= 11 is 3.44. The van der Waals surface area contributed by atoms with E-state index in [1.54, 1.807) is 6.07 Å². The molecule has 4 nitrogen and oxygen atoms in total. The molecule has 0 bridgehead atoms. The standard InChI is InChI=1S/C15H16BrN3O/c1-9(10-5-6-10)17-15(20)14-8-13(18-19-14)11-3-2-4-12(16)7-11/h2-4,7-10H,5-6H2,1H3,(H,17,20)(H,18,19)/t9-/m0/s1. The van der Waals surface area contributed by atoms with E-state index in [0.29, 0.717) is 11.6 Å². The number of amides is 1. The molecule has 1 saturated carbocycles. The minimum atomic E-state index is -0.109. The summed E-state index contributed by atoms with van der Waals surface area (Å²) in [5.41, 5.74) is 2.28. The van der Waals surface area contributed by atoms with Crippen molar-refractivity contribution in [3.8, 4) is 11.3 Å². The minimum Gasteiger partial charge on any atom is -0.348 e. The SMILES string of the molecule is C[C@H](NC(=O)c1cc(-c2cccc(Br)c2)[nH]n1)C1CC1. The molecular weight excluding hydrogens is 318 g/mol. The summed E-state index contributed by atoms with van der Waals surface area (Å²) in [7, 11) is 0. The highest BCUT2D eigenvalue weighted by Gasteiger charge is 2.29. The molecule has 1 fully saturated rings. The molecule has 1 heterocycles. The summed E-state index contributed by atoms with van der Waals surface area (Å²) in [6.07, 6.45) is 2.43. The molecule has 0 radical (unpaired) electrons. The third-order valence-corrected chi connectivity index (χ3v) is 4.13. The summed E-state index contributed by atoms with van der Waals surface area (Å²) in [6.45, 7) is 2.05. The number of aromatic amines is 1. The van der Waals surface area contributed by atoms with Gasteiger partial charge in [-0.2, -0.15) is 5.10 Å². The molecule has 20 heavy (non-hydrogen) atoms. The molecule has 0 spiro atoms. The van der Waals surface area contributed by atoms with Crippen molar-refractivity contribution in [1.82, 2.24) is 15.5 Å². The van der Waals surface area contributed by atoms with E-state index in [-0.39, 0.29) is 11.9 Å². The Morgan fingerprint density at radius 3 is 2.95 bits per heavy atom. The van der Waals surface area contributed by atoms with Crippen molar-refractivity contribution >= 4 is 21.8 Å². The van der Waals surface area contributed by atoms with E-state index >= 15 is 0 Å². The lowest BCUT2D eigenvalue weighted by molar-refractivity contribution is 0.0931. The van der Waals surface area contributed by atoms with Crippen molar-refractivity contribution in [3.05, 3.63) is 40.5 Å². The van der Waals surface area contributed by atoms with Crippen LogP contribution in [0.2, 0.25) is 0 Å². The highest BCUT2D eigenvalue weighted by molar-refractivity contribution is 9.10. The largest absolute Gasteiger partial charge is 0.348 e. The minimum absolute atomic E-state index is 0.109. The van der Waals surface area contributed by atoms with Gasteiger partial charge in [0.2, 0.25) is 0 Å². The fraction of sp³-hybridized carbons (Fsp3) is 0.333. The Bertz CT molecular complexity index is 634.